The number of phenols is 1. The zero-order chi connectivity index (χ0) is 16.6. The van der Waals surface area contributed by atoms with Crippen LogP contribution in [0.3, 0.4) is 0 Å². The third kappa shape index (κ3) is 2.26. The van der Waals surface area contributed by atoms with Gasteiger partial charge in [-0.3, -0.25) is 9.59 Å². The number of hydrogen-bond acceptors (Lipinski definition) is 5. The molecule has 116 valence electrons. The lowest BCUT2D eigenvalue weighted by Crippen LogP contribution is -2.22. The highest BCUT2D eigenvalue weighted by molar-refractivity contribution is 6.40. The minimum Gasteiger partial charge on any atom is -0.507 e. The summed E-state index contributed by atoms with van der Waals surface area (Å²) in [6, 6.07) is 11.2. The van der Waals surface area contributed by atoms with Gasteiger partial charge in [-0.1, -0.05) is 24.3 Å². The molecule has 0 aliphatic heterocycles. The summed E-state index contributed by atoms with van der Waals surface area (Å²) in [7, 11) is 2.87. The molecule has 0 amide bonds. The largest absolute Gasteiger partial charge is 0.507 e. The van der Waals surface area contributed by atoms with Crippen molar-refractivity contribution in [3.8, 4) is 11.5 Å². The Morgan fingerprint density at radius 2 is 1.57 bits per heavy atom. The highest BCUT2D eigenvalue weighted by Gasteiger charge is 2.35. The van der Waals surface area contributed by atoms with Gasteiger partial charge in [-0.05, 0) is 23.8 Å². The number of carbonyl (C=O) groups excluding carboxylic acids is 2. The van der Waals surface area contributed by atoms with Gasteiger partial charge in [-0.15, -0.1) is 0 Å². The maximum atomic E-state index is 12.8. The Kier molecular flexibility index (Phi) is 3.62. The highest BCUT2D eigenvalue weighted by atomic mass is 16.5. The second-order valence-electron chi connectivity index (χ2n) is 4.99. The molecule has 2 aromatic rings. The van der Waals surface area contributed by atoms with E-state index in [2.05, 4.69) is 0 Å². The molecule has 0 bridgehead atoms. The summed E-state index contributed by atoms with van der Waals surface area (Å²) in [5.41, 5.74) is 0.876. The number of benzene rings is 2. The lowest BCUT2D eigenvalue weighted by atomic mass is 9.84. The first-order chi connectivity index (χ1) is 11.1. The van der Waals surface area contributed by atoms with Gasteiger partial charge in [0.1, 0.15) is 11.5 Å². The molecule has 1 N–H and O–H groups in total. The SMILES string of the molecule is COC1=C(c2ccc(OC)cc2)C(=O)c2cccc(O)c2C1=O. The summed E-state index contributed by atoms with van der Waals surface area (Å²) in [5.74, 6) is -0.539. The van der Waals surface area contributed by atoms with Crippen molar-refractivity contribution in [3.05, 3.63) is 64.9 Å². The van der Waals surface area contributed by atoms with E-state index >= 15 is 0 Å². The number of carbonyl (C=O) groups is 2. The number of aromatic hydroxyl groups is 1. The van der Waals surface area contributed by atoms with E-state index in [-0.39, 0.29) is 34.0 Å². The van der Waals surface area contributed by atoms with Crippen LogP contribution < -0.4 is 4.74 Å². The fourth-order valence-corrected chi connectivity index (χ4v) is 2.65. The molecule has 0 unspecified atom stereocenters. The molecule has 5 nitrogen and oxygen atoms in total. The van der Waals surface area contributed by atoms with Crippen LogP contribution in [0.5, 0.6) is 11.5 Å². The Morgan fingerprint density at radius 3 is 2.17 bits per heavy atom. The van der Waals surface area contributed by atoms with Crippen molar-refractivity contribution >= 4 is 17.1 Å². The van der Waals surface area contributed by atoms with E-state index < -0.39 is 5.78 Å². The molecular formula is C18H14O5. The van der Waals surface area contributed by atoms with E-state index in [1.807, 2.05) is 0 Å². The van der Waals surface area contributed by atoms with Gasteiger partial charge in [-0.25, -0.2) is 0 Å². The van der Waals surface area contributed by atoms with Crippen LogP contribution in [0.15, 0.2) is 48.2 Å². The molecule has 1 aliphatic rings. The van der Waals surface area contributed by atoms with Crippen molar-refractivity contribution in [1.29, 1.82) is 0 Å². The first-order valence-electron chi connectivity index (χ1n) is 6.92. The number of rotatable bonds is 3. The molecule has 0 aromatic heterocycles. The molecule has 23 heavy (non-hydrogen) atoms. The van der Waals surface area contributed by atoms with Crippen LogP contribution in [0.2, 0.25) is 0 Å². The van der Waals surface area contributed by atoms with Crippen molar-refractivity contribution in [2.45, 2.75) is 0 Å². The molecule has 0 atom stereocenters. The average molecular weight is 310 g/mol. The second-order valence-corrected chi connectivity index (χ2v) is 4.99. The number of ether oxygens (including phenoxy) is 2. The van der Waals surface area contributed by atoms with E-state index in [0.29, 0.717) is 11.3 Å². The van der Waals surface area contributed by atoms with E-state index in [0.717, 1.165) is 0 Å². The summed E-state index contributed by atoms with van der Waals surface area (Å²) in [6.07, 6.45) is 0. The van der Waals surface area contributed by atoms with Crippen LogP contribution in [0.25, 0.3) is 5.57 Å². The topological polar surface area (TPSA) is 72.8 Å². The van der Waals surface area contributed by atoms with Crippen molar-refractivity contribution in [3.63, 3.8) is 0 Å². The van der Waals surface area contributed by atoms with Crippen molar-refractivity contribution in [2.24, 2.45) is 0 Å². The van der Waals surface area contributed by atoms with Gasteiger partial charge in [0.15, 0.2) is 11.5 Å². The van der Waals surface area contributed by atoms with Crippen LogP contribution >= 0.6 is 0 Å². The third-order valence-electron chi connectivity index (χ3n) is 3.76. The minimum absolute atomic E-state index is 0.0217. The van der Waals surface area contributed by atoms with Gasteiger partial charge in [0.05, 0.1) is 25.4 Å². The smallest absolute Gasteiger partial charge is 0.232 e. The quantitative estimate of drug-likeness (QED) is 0.943. The highest BCUT2D eigenvalue weighted by Crippen LogP contribution is 2.36. The number of phenolic OH excluding ortho intramolecular Hbond substituents is 1. The van der Waals surface area contributed by atoms with Gasteiger partial charge < -0.3 is 14.6 Å². The number of fused-ring (bicyclic) bond motifs is 1. The van der Waals surface area contributed by atoms with E-state index in [4.69, 9.17) is 9.47 Å². The number of allylic oxidation sites excluding steroid dienone is 2. The zero-order valence-corrected chi connectivity index (χ0v) is 12.6. The molecule has 2 aromatic carbocycles. The molecule has 0 heterocycles. The Balaban J connectivity index is 2.22. The summed E-state index contributed by atoms with van der Waals surface area (Å²) >= 11 is 0. The third-order valence-corrected chi connectivity index (χ3v) is 3.76. The summed E-state index contributed by atoms with van der Waals surface area (Å²) in [4.78, 5) is 25.4. The predicted molar refractivity (Wildman–Crippen MR) is 83.7 cm³/mol. The van der Waals surface area contributed by atoms with Crippen molar-refractivity contribution < 1.29 is 24.2 Å². The first kappa shape index (κ1) is 14.8. The summed E-state index contributed by atoms with van der Waals surface area (Å²) in [5, 5.41) is 9.92. The van der Waals surface area contributed by atoms with Gasteiger partial charge in [-0.2, -0.15) is 0 Å². The fourth-order valence-electron chi connectivity index (χ4n) is 2.65. The van der Waals surface area contributed by atoms with Crippen LogP contribution in [0.1, 0.15) is 26.3 Å². The maximum Gasteiger partial charge on any atom is 0.232 e. The van der Waals surface area contributed by atoms with Crippen molar-refractivity contribution in [2.75, 3.05) is 14.2 Å². The first-order valence-corrected chi connectivity index (χ1v) is 6.92. The van der Waals surface area contributed by atoms with E-state index in [1.165, 1.54) is 25.3 Å². The number of methoxy groups -OCH3 is 2. The second kappa shape index (κ2) is 5.61. The average Bonchev–Trinajstić information content (AvgIpc) is 2.57. The molecule has 5 heteroatoms. The van der Waals surface area contributed by atoms with Crippen LogP contribution in [0, 0.1) is 0 Å². The fraction of sp³-hybridized carbons (Fsp3) is 0.111. The van der Waals surface area contributed by atoms with Gasteiger partial charge in [0, 0.05) is 5.56 Å². The van der Waals surface area contributed by atoms with E-state index in [1.54, 1.807) is 31.4 Å². The molecule has 0 radical (unpaired) electrons. The molecule has 1 aliphatic carbocycles. The predicted octanol–water partition coefficient (Wildman–Crippen LogP) is 2.84. The number of ketones is 2. The van der Waals surface area contributed by atoms with Crippen LogP contribution in [0.4, 0.5) is 0 Å². The molecule has 0 saturated heterocycles. The monoisotopic (exact) mass is 310 g/mol. The van der Waals surface area contributed by atoms with Crippen LogP contribution in [-0.4, -0.2) is 30.9 Å². The Hall–Kier alpha value is -3.08. The number of hydrogen-bond donors (Lipinski definition) is 1. The summed E-state index contributed by atoms with van der Waals surface area (Å²) in [6.45, 7) is 0. The molecule has 0 spiro atoms. The summed E-state index contributed by atoms with van der Waals surface area (Å²) < 4.78 is 10.3. The lowest BCUT2D eigenvalue weighted by molar-refractivity contribution is 0.0922. The lowest BCUT2D eigenvalue weighted by Gasteiger charge is -2.20. The molecule has 0 fully saturated rings. The molecule has 3 rings (SSSR count). The molecular weight excluding hydrogens is 296 g/mol. The van der Waals surface area contributed by atoms with Gasteiger partial charge in [0.25, 0.3) is 0 Å². The van der Waals surface area contributed by atoms with Gasteiger partial charge in [0.2, 0.25) is 5.78 Å². The molecule has 0 saturated carbocycles. The Bertz CT molecular complexity index is 831. The maximum absolute atomic E-state index is 12.8. The van der Waals surface area contributed by atoms with Crippen LogP contribution in [-0.2, 0) is 4.74 Å². The standard InChI is InChI=1S/C18H14O5/c1-22-11-8-6-10(7-9-11)14-16(20)12-4-3-5-13(19)15(12)17(21)18(14)23-2/h3-9,19H,1-2H3. The Labute approximate surface area is 132 Å². The number of Topliss-reactive ketones (excluding diaryl/α,β-unsaturated/α-hetero) is 2. The van der Waals surface area contributed by atoms with E-state index in [9.17, 15) is 14.7 Å². The van der Waals surface area contributed by atoms with Gasteiger partial charge >= 0.3 is 0 Å². The normalized spacial score (nSPS) is 13.8. The van der Waals surface area contributed by atoms with Crippen molar-refractivity contribution in [1.82, 2.24) is 0 Å². The minimum atomic E-state index is -0.508. The zero-order valence-electron chi connectivity index (χ0n) is 12.6. The Morgan fingerprint density at radius 1 is 0.870 bits per heavy atom.